The van der Waals surface area contributed by atoms with E-state index in [0.717, 1.165) is 42.6 Å². The third kappa shape index (κ3) is 4.25. The number of hydrogen-bond acceptors (Lipinski definition) is 3. The van der Waals surface area contributed by atoms with Gasteiger partial charge in [0.05, 0.1) is 20.1 Å². The van der Waals surface area contributed by atoms with Crippen LogP contribution in [-0.2, 0) is 16.0 Å². The van der Waals surface area contributed by atoms with Crippen molar-refractivity contribution >= 4 is 5.97 Å². The Bertz CT molecular complexity index is 693. The lowest BCUT2D eigenvalue weighted by Crippen LogP contribution is -2.33. The van der Waals surface area contributed by atoms with E-state index < -0.39 is 0 Å². The third-order valence-corrected chi connectivity index (χ3v) is 5.22. The number of carbonyl (C=O) groups is 1. The number of fused-ring (bicyclic) bond motifs is 1. The zero-order valence-electron chi connectivity index (χ0n) is 15.7. The summed E-state index contributed by atoms with van der Waals surface area (Å²) in [5.74, 6) is 6.97. The van der Waals surface area contributed by atoms with Crippen molar-refractivity contribution in [1.29, 1.82) is 0 Å². The average Bonchev–Trinajstić information content (AvgIpc) is 2.63. The Labute approximate surface area is 151 Å². The molecule has 0 aromatic heterocycles. The number of allylic oxidation sites excluding steroid dienone is 1. The van der Waals surface area contributed by atoms with Gasteiger partial charge in [0.2, 0.25) is 0 Å². The summed E-state index contributed by atoms with van der Waals surface area (Å²) in [6, 6.07) is 5.98. The van der Waals surface area contributed by atoms with Crippen molar-refractivity contribution < 1.29 is 14.3 Å². The summed E-state index contributed by atoms with van der Waals surface area (Å²) in [5.41, 5.74) is 3.37. The lowest BCUT2D eigenvalue weighted by Gasteiger charge is -2.37. The van der Waals surface area contributed by atoms with Crippen molar-refractivity contribution in [1.82, 2.24) is 0 Å². The first kappa shape index (κ1) is 19.1. The summed E-state index contributed by atoms with van der Waals surface area (Å²) in [6.07, 6.45) is 3.64. The normalized spacial score (nSPS) is 19.8. The van der Waals surface area contributed by atoms with Gasteiger partial charge < -0.3 is 9.47 Å². The predicted molar refractivity (Wildman–Crippen MR) is 101 cm³/mol. The topological polar surface area (TPSA) is 35.5 Å². The third-order valence-electron chi connectivity index (χ3n) is 5.22. The number of benzene rings is 1. The molecule has 1 aliphatic carbocycles. The molecule has 0 radical (unpaired) electrons. The van der Waals surface area contributed by atoms with Crippen molar-refractivity contribution in [3.8, 4) is 17.6 Å². The van der Waals surface area contributed by atoms with Crippen molar-refractivity contribution in [2.75, 3.05) is 14.2 Å². The summed E-state index contributed by atoms with van der Waals surface area (Å²) in [4.78, 5) is 12.6. The average molecular weight is 340 g/mol. The van der Waals surface area contributed by atoms with Crippen LogP contribution in [0.15, 0.2) is 30.4 Å². The summed E-state index contributed by atoms with van der Waals surface area (Å²) >= 11 is 0. The monoisotopic (exact) mass is 340 g/mol. The second-order valence-corrected chi connectivity index (χ2v) is 6.69. The Morgan fingerprint density at radius 3 is 2.76 bits per heavy atom. The van der Waals surface area contributed by atoms with Crippen molar-refractivity contribution in [2.24, 2.45) is 11.8 Å². The van der Waals surface area contributed by atoms with Crippen molar-refractivity contribution in [3.05, 3.63) is 41.5 Å². The maximum atomic E-state index is 12.6. The van der Waals surface area contributed by atoms with Crippen LogP contribution < -0.4 is 4.74 Å². The molecule has 0 amide bonds. The van der Waals surface area contributed by atoms with Gasteiger partial charge in [-0.05, 0) is 68.2 Å². The van der Waals surface area contributed by atoms with E-state index >= 15 is 0 Å². The van der Waals surface area contributed by atoms with Gasteiger partial charge in [-0.2, -0.15) is 0 Å². The highest BCUT2D eigenvalue weighted by atomic mass is 16.5. The molecule has 0 heterocycles. The Morgan fingerprint density at radius 1 is 1.40 bits per heavy atom. The molecule has 1 aromatic rings. The van der Waals surface area contributed by atoms with Gasteiger partial charge in [-0.15, -0.1) is 11.8 Å². The van der Waals surface area contributed by atoms with E-state index in [-0.39, 0.29) is 23.7 Å². The molecule has 0 spiro atoms. The molecule has 0 bridgehead atoms. The molecular weight excluding hydrogens is 312 g/mol. The lowest BCUT2D eigenvalue weighted by atomic mass is 9.67. The van der Waals surface area contributed by atoms with Gasteiger partial charge in [-0.1, -0.05) is 18.2 Å². The van der Waals surface area contributed by atoms with E-state index in [0.29, 0.717) is 0 Å². The van der Waals surface area contributed by atoms with Crippen LogP contribution >= 0.6 is 0 Å². The van der Waals surface area contributed by atoms with Crippen LogP contribution in [0.4, 0.5) is 0 Å². The highest BCUT2D eigenvalue weighted by molar-refractivity contribution is 5.79. The molecular formula is C22H28O3. The quantitative estimate of drug-likeness (QED) is 0.434. The Morgan fingerprint density at radius 2 is 2.16 bits per heavy atom. The molecule has 0 aliphatic heterocycles. The number of carbonyl (C=O) groups excluding carboxylic acids is 1. The zero-order chi connectivity index (χ0) is 18.4. The summed E-state index contributed by atoms with van der Waals surface area (Å²) < 4.78 is 10.5. The molecule has 25 heavy (non-hydrogen) atoms. The van der Waals surface area contributed by atoms with Crippen molar-refractivity contribution in [2.45, 2.75) is 45.4 Å². The smallest absolute Gasteiger partial charge is 0.313 e. The summed E-state index contributed by atoms with van der Waals surface area (Å²) in [7, 11) is 3.13. The second kappa shape index (κ2) is 8.76. The molecule has 3 heteroatoms. The Balaban J connectivity index is 2.40. The fourth-order valence-electron chi connectivity index (χ4n) is 3.99. The molecule has 0 saturated carbocycles. The number of esters is 1. The zero-order valence-corrected chi connectivity index (χ0v) is 15.7. The number of hydrogen-bond donors (Lipinski definition) is 0. The van der Waals surface area contributed by atoms with Gasteiger partial charge in [0, 0.05) is 6.42 Å². The van der Waals surface area contributed by atoms with Crippen LogP contribution in [-0.4, -0.2) is 20.2 Å². The molecule has 3 atom stereocenters. The standard InChI is InChI=1S/C22H28O3/c1-6-7-8-9-18(15(2)3)20-12-10-16-14-17(24-4)11-13-19(16)21(20)22(23)25-5/h11,13-14,18,20-21H,2,8-10,12H2,1,3-5H3/t18-,20+,21?/m1/s1. The molecule has 0 N–H and O–H groups in total. The molecule has 0 saturated heterocycles. The highest BCUT2D eigenvalue weighted by Crippen LogP contribution is 2.45. The van der Waals surface area contributed by atoms with Crippen LogP contribution in [0.2, 0.25) is 0 Å². The van der Waals surface area contributed by atoms with E-state index in [1.54, 1.807) is 7.11 Å². The minimum atomic E-state index is -0.254. The molecule has 2 rings (SSSR count). The minimum absolute atomic E-state index is 0.163. The summed E-state index contributed by atoms with van der Waals surface area (Å²) in [6.45, 7) is 8.11. The molecule has 0 fully saturated rings. The second-order valence-electron chi connectivity index (χ2n) is 6.69. The molecule has 1 aromatic carbocycles. The van der Waals surface area contributed by atoms with E-state index in [9.17, 15) is 4.79 Å². The molecule has 1 aliphatic rings. The maximum Gasteiger partial charge on any atom is 0.313 e. The van der Waals surface area contributed by atoms with Crippen LogP contribution in [0, 0.1) is 23.7 Å². The van der Waals surface area contributed by atoms with E-state index in [1.807, 2.05) is 25.1 Å². The largest absolute Gasteiger partial charge is 0.497 e. The van der Waals surface area contributed by atoms with Crippen LogP contribution in [0.5, 0.6) is 5.75 Å². The Kier molecular flexibility index (Phi) is 6.70. The minimum Gasteiger partial charge on any atom is -0.497 e. The molecule has 3 nitrogen and oxygen atoms in total. The fourth-order valence-corrected chi connectivity index (χ4v) is 3.99. The Hall–Kier alpha value is -2.21. The first-order valence-electron chi connectivity index (χ1n) is 8.83. The van der Waals surface area contributed by atoms with Crippen LogP contribution in [0.3, 0.4) is 0 Å². The van der Waals surface area contributed by atoms with Crippen LogP contribution in [0.1, 0.15) is 50.2 Å². The summed E-state index contributed by atoms with van der Waals surface area (Å²) in [5, 5.41) is 0. The van der Waals surface area contributed by atoms with Gasteiger partial charge in [0.1, 0.15) is 5.75 Å². The van der Waals surface area contributed by atoms with Gasteiger partial charge in [-0.3, -0.25) is 4.79 Å². The van der Waals surface area contributed by atoms with Crippen LogP contribution in [0.25, 0.3) is 0 Å². The van der Waals surface area contributed by atoms with Gasteiger partial charge in [0.25, 0.3) is 0 Å². The fraction of sp³-hybridized carbons (Fsp3) is 0.500. The first-order chi connectivity index (χ1) is 12.0. The van der Waals surface area contributed by atoms with E-state index in [2.05, 4.69) is 25.3 Å². The predicted octanol–water partition coefficient (Wildman–Crippen LogP) is 4.51. The first-order valence-corrected chi connectivity index (χ1v) is 8.83. The van der Waals surface area contributed by atoms with Gasteiger partial charge >= 0.3 is 5.97 Å². The van der Waals surface area contributed by atoms with E-state index in [4.69, 9.17) is 9.47 Å². The number of methoxy groups -OCH3 is 2. The van der Waals surface area contributed by atoms with Crippen molar-refractivity contribution in [3.63, 3.8) is 0 Å². The number of aryl methyl sites for hydroxylation is 1. The highest BCUT2D eigenvalue weighted by Gasteiger charge is 2.40. The SMILES string of the molecule is C=C(C)[C@@H](CCC#CC)[C@@H]1CCc2cc(OC)ccc2C1C(=O)OC. The van der Waals surface area contributed by atoms with Gasteiger partial charge in [-0.25, -0.2) is 0 Å². The lowest BCUT2D eigenvalue weighted by molar-refractivity contribution is -0.144. The molecule has 1 unspecified atom stereocenters. The number of ether oxygens (including phenoxy) is 2. The van der Waals surface area contributed by atoms with E-state index in [1.165, 1.54) is 12.7 Å². The van der Waals surface area contributed by atoms with Gasteiger partial charge in [0.15, 0.2) is 0 Å². The maximum absolute atomic E-state index is 12.6. The molecule has 134 valence electrons. The number of rotatable bonds is 6.